The standard InChI is InChI=1S/C12H10N2O3S2/c13-12-14-11(7-18-12)9(6-15)8-19(16,17)10-4-2-1-3-5-10/h1-8H,(H2,13,14). The van der Waals surface area contributed by atoms with Gasteiger partial charge in [-0.1, -0.05) is 18.2 Å². The van der Waals surface area contributed by atoms with Crippen LogP contribution >= 0.6 is 11.3 Å². The number of hydrogen-bond acceptors (Lipinski definition) is 6. The lowest BCUT2D eigenvalue weighted by Crippen LogP contribution is -1.99. The number of aromatic nitrogens is 1. The number of carbonyl (C=O) groups is 1. The quantitative estimate of drug-likeness (QED) is 0.685. The highest BCUT2D eigenvalue weighted by Crippen LogP contribution is 2.21. The highest BCUT2D eigenvalue weighted by atomic mass is 32.2. The highest BCUT2D eigenvalue weighted by molar-refractivity contribution is 7.94. The zero-order valence-corrected chi connectivity index (χ0v) is 11.3. The summed E-state index contributed by atoms with van der Waals surface area (Å²) in [5.41, 5.74) is 5.71. The van der Waals surface area contributed by atoms with E-state index in [1.54, 1.807) is 18.2 Å². The van der Waals surface area contributed by atoms with Crippen LogP contribution in [-0.2, 0) is 14.6 Å². The average molecular weight is 294 g/mol. The van der Waals surface area contributed by atoms with Crippen molar-refractivity contribution in [2.45, 2.75) is 4.90 Å². The summed E-state index contributed by atoms with van der Waals surface area (Å²) in [5, 5.41) is 2.72. The zero-order valence-electron chi connectivity index (χ0n) is 9.68. The molecule has 0 bridgehead atoms. The fourth-order valence-electron chi connectivity index (χ4n) is 1.41. The molecule has 0 atom stereocenters. The van der Waals surface area contributed by atoms with E-state index in [9.17, 15) is 13.2 Å². The molecule has 5 nitrogen and oxygen atoms in total. The molecule has 1 aromatic heterocycles. The van der Waals surface area contributed by atoms with Crippen molar-refractivity contribution in [3.63, 3.8) is 0 Å². The summed E-state index contributed by atoms with van der Waals surface area (Å²) >= 11 is 1.14. The Bertz CT molecular complexity index is 718. The number of anilines is 1. The van der Waals surface area contributed by atoms with Gasteiger partial charge in [0.1, 0.15) is 0 Å². The molecule has 1 heterocycles. The van der Waals surface area contributed by atoms with E-state index < -0.39 is 9.84 Å². The van der Waals surface area contributed by atoms with Gasteiger partial charge in [0.25, 0.3) is 0 Å². The first-order valence-electron chi connectivity index (χ1n) is 5.21. The Labute approximate surface area is 114 Å². The number of hydrogen-bond donors (Lipinski definition) is 1. The maximum Gasteiger partial charge on any atom is 0.200 e. The predicted octanol–water partition coefficient (Wildman–Crippen LogP) is 1.74. The van der Waals surface area contributed by atoms with Gasteiger partial charge >= 0.3 is 0 Å². The predicted molar refractivity (Wildman–Crippen MR) is 74.2 cm³/mol. The van der Waals surface area contributed by atoms with E-state index >= 15 is 0 Å². The smallest absolute Gasteiger partial charge is 0.200 e. The van der Waals surface area contributed by atoms with Gasteiger partial charge in [-0.05, 0) is 12.1 Å². The van der Waals surface area contributed by atoms with Gasteiger partial charge in [-0.15, -0.1) is 11.3 Å². The number of allylic oxidation sites excluding steroid dienone is 1. The number of nitrogens with two attached hydrogens (primary N) is 1. The van der Waals surface area contributed by atoms with E-state index in [0.29, 0.717) is 6.29 Å². The molecular weight excluding hydrogens is 284 g/mol. The first-order chi connectivity index (χ1) is 9.03. The molecule has 0 fully saturated rings. The van der Waals surface area contributed by atoms with Gasteiger partial charge in [-0.25, -0.2) is 13.4 Å². The molecule has 0 unspecified atom stereocenters. The third kappa shape index (κ3) is 3.07. The van der Waals surface area contributed by atoms with Gasteiger partial charge in [0.15, 0.2) is 11.4 Å². The Balaban J connectivity index is 2.46. The van der Waals surface area contributed by atoms with Crippen molar-refractivity contribution in [3.8, 4) is 0 Å². The van der Waals surface area contributed by atoms with Crippen LogP contribution in [0.5, 0.6) is 0 Å². The van der Waals surface area contributed by atoms with Crippen molar-refractivity contribution in [1.29, 1.82) is 0 Å². The number of sulfone groups is 1. The molecule has 98 valence electrons. The summed E-state index contributed by atoms with van der Waals surface area (Å²) in [6.07, 6.45) is 0.453. The maximum absolute atomic E-state index is 12.1. The first kappa shape index (κ1) is 13.4. The molecule has 0 radical (unpaired) electrons. The van der Waals surface area contributed by atoms with Crippen LogP contribution in [0, 0.1) is 0 Å². The minimum atomic E-state index is -3.68. The van der Waals surface area contributed by atoms with Crippen LogP contribution in [0.1, 0.15) is 5.69 Å². The number of aldehydes is 1. The molecule has 19 heavy (non-hydrogen) atoms. The average Bonchev–Trinajstić information content (AvgIpc) is 2.84. The molecule has 1 aromatic carbocycles. The molecule has 7 heteroatoms. The van der Waals surface area contributed by atoms with Gasteiger partial charge in [-0.3, -0.25) is 4.79 Å². The van der Waals surface area contributed by atoms with E-state index in [4.69, 9.17) is 5.73 Å². The molecule has 0 aliphatic heterocycles. The number of nitrogen functional groups attached to an aromatic ring is 1. The van der Waals surface area contributed by atoms with Crippen molar-refractivity contribution in [2.24, 2.45) is 0 Å². The number of rotatable bonds is 4. The SMILES string of the molecule is Nc1nc(C(C=O)=CS(=O)(=O)c2ccccc2)cs1. The molecule has 0 saturated heterocycles. The number of nitrogens with zero attached hydrogens (tertiary/aromatic N) is 1. The molecule has 2 rings (SSSR count). The Morgan fingerprint density at radius 2 is 1.95 bits per heavy atom. The van der Waals surface area contributed by atoms with Crippen LogP contribution in [0.2, 0.25) is 0 Å². The van der Waals surface area contributed by atoms with Gasteiger partial charge in [0, 0.05) is 10.8 Å². The molecular formula is C12H10N2O3S2. The number of benzene rings is 1. The Morgan fingerprint density at radius 3 is 2.47 bits per heavy atom. The second-order valence-corrected chi connectivity index (χ2v) is 6.31. The minimum Gasteiger partial charge on any atom is -0.375 e. The summed E-state index contributed by atoms with van der Waals surface area (Å²) in [7, 11) is -3.68. The van der Waals surface area contributed by atoms with E-state index in [0.717, 1.165) is 16.7 Å². The lowest BCUT2D eigenvalue weighted by atomic mass is 10.3. The number of carbonyl (C=O) groups excluding carboxylic acids is 1. The second-order valence-electron chi connectivity index (χ2n) is 3.62. The molecule has 2 aromatic rings. The lowest BCUT2D eigenvalue weighted by Gasteiger charge is -1.99. The summed E-state index contributed by atoms with van der Waals surface area (Å²) in [5.74, 6) is 0. The lowest BCUT2D eigenvalue weighted by molar-refractivity contribution is -0.103. The van der Waals surface area contributed by atoms with Gasteiger partial charge in [0.2, 0.25) is 9.84 Å². The Hall–Kier alpha value is -1.99. The van der Waals surface area contributed by atoms with Gasteiger partial charge < -0.3 is 5.73 Å². The van der Waals surface area contributed by atoms with Crippen molar-refractivity contribution in [2.75, 3.05) is 5.73 Å². The van der Waals surface area contributed by atoms with Crippen LogP contribution in [0.4, 0.5) is 5.13 Å². The summed E-state index contributed by atoms with van der Waals surface area (Å²) in [6, 6.07) is 7.86. The van der Waals surface area contributed by atoms with Crippen LogP contribution in [-0.4, -0.2) is 19.7 Å². The number of thiazole rings is 1. The van der Waals surface area contributed by atoms with Crippen molar-refractivity contribution in [1.82, 2.24) is 4.98 Å². The van der Waals surface area contributed by atoms with E-state index in [-0.39, 0.29) is 21.3 Å². The monoisotopic (exact) mass is 294 g/mol. The van der Waals surface area contributed by atoms with Crippen LogP contribution < -0.4 is 5.73 Å². The fraction of sp³-hybridized carbons (Fsp3) is 0. The fourth-order valence-corrected chi connectivity index (χ4v) is 3.17. The van der Waals surface area contributed by atoms with Crippen LogP contribution in [0.3, 0.4) is 0 Å². The summed E-state index contributed by atoms with van der Waals surface area (Å²) in [6.45, 7) is 0. The first-order valence-corrected chi connectivity index (χ1v) is 7.64. The summed E-state index contributed by atoms with van der Waals surface area (Å²) < 4.78 is 24.2. The Kier molecular flexibility index (Phi) is 3.77. The van der Waals surface area contributed by atoms with Crippen LogP contribution in [0.15, 0.2) is 46.0 Å². The maximum atomic E-state index is 12.1. The van der Waals surface area contributed by atoms with E-state index in [1.165, 1.54) is 17.5 Å². The van der Waals surface area contributed by atoms with Crippen LogP contribution in [0.25, 0.3) is 5.57 Å². The van der Waals surface area contributed by atoms with E-state index in [2.05, 4.69) is 4.98 Å². The molecule has 0 aliphatic rings. The zero-order chi connectivity index (χ0) is 13.9. The second kappa shape index (κ2) is 5.33. The summed E-state index contributed by atoms with van der Waals surface area (Å²) in [4.78, 5) is 15.0. The molecule has 0 amide bonds. The molecule has 0 spiro atoms. The third-order valence-electron chi connectivity index (χ3n) is 2.30. The molecule has 0 aliphatic carbocycles. The third-order valence-corrected chi connectivity index (χ3v) is 4.47. The topological polar surface area (TPSA) is 90.1 Å². The normalized spacial score (nSPS) is 12.3. The van der Waals surface area contributed by atoms with Gasteiger partial charge in [-0.2, -0.15) is 0 Å². The van der Waals surface area contributed by atoms with Gasteiger partial charge in [0.05, 0.1) is 16.2 Å². The highest BCUT2D eigenvalue weighted by Gasteiger charge is 2.14. The largest absolute Gasteiger partial charge is 0.375 e. The van der Waals surface area contributed by atoms with Crippen molar-refractivity contribution in [3.05, 3.63) is 46.8 Å². The van der Waals surface area contributed by atoms with Crippen molar-refractivity contribution < 1.29 is 13.2 Å². The molecule has 2 N–H and O–H groups in total. The Morgan fingerprint density at radius 1 is 1.26 bits per heavy atom. The van der Waals surface area contributed by atoms with E-state index in [1.807, 2.05) is 0 Å². The minimum absolute atomic E-state index is 0.0168. The van der Waals surface area contributed by atoms with Crippen molar-refractivity contribution >= 4 is 38.2 Å². The molecule has 0 saturated carbocycles.